The van der Waals surface area contributed by atoms with Crippen LogP contribution in [0.1, 0.15) is 45.4 Å². The van der Waals surface area contributed by atoms with Gasteiger partial charge in [-0.15, -0.1) is 10.2 Å². The Labute approximate surface area is 144 Å². The Balaban J connectivity index is 1.52. The van der Waals surface area contributed by atoms with Gasteiger partial charge in [-0.25, -0.2) is 0 Å². The van der Waals surface area contributed by atoms with Crippen LogP contribution in [0.25, 0.3) is 0 Å². The maximum atomic E-state index is 12.1. The van der Waals surface area contributed by atoms with Crippen molar-refractivity contribution in [1.82, 2.24) is 15.1 Å². The molecule has 132 valence electrons. The molecule has 2 fully saturated rings. The molecule has 2 aliphatic rings. The Hall–Kier alpha value is -1.85. The molecule has 1 amide bonds. The Morgan fingerprint density at radius 3 is 2.04 bits per heavy atom. The van der Waals surface area contributed by atoms with E-state index in [0.29, 0.717) is 12.3 Å². The predicted molar refractivity (Wildman–Crippen MR) is 96.4 cm³/mol. The summed E-state index contributed by atoms with van der Waals surface area (Å²) >= 11 is 0. The van der Waals surface area contributed by atoms with Crippen LogP contribution in [0.2, 0.25) is 0 Å². The average molecular weight is 331 g/mol. The first-order valence-electron chi connectivity index (χ1n) is 9.39. The smallest absolute Gasteiger partial charge is 0.222 e. The minimum atomic E-state index is 0.294. The van der Waals surface area contributed by atoms with E-state index < -0.39 is 0 Å². The summed E-state index contributed by atoms with van der Waals surface area (Å²) in [5.41, 5.74) is 0. The van der Waals surface area contributed by atoms with E-state index in [4.69, 9.17) is 0 Å². The summed E-state index contributed by atoms with van der Waals surface area (Å²) in [6, 6.07) is 4.16. The van der Waals surface area contributed by atoms with Gasteiger partial charge in [0.1, 0.15) is 0 Å². The molecule has 0 atom stereocenters. The molecule has 0 unspecified atom stereocenters. The van der Waals surface area contributed by atoms with Crippen molar-refractivity contribution < 1.29 is 4.79 Å². The van der Waals surface area contributed by atoms with Gasteiger partial charge >= 0.3 is 0 Å². The molecular formula is C18H29N5O. The Morgan fingerprint density at radius 1 is 0.917 bits per heavy atom. The average Bonchev–Trinajstić information content (AvgIpc) is 2.67. The molecule has 0 saturated carbocycles. The van der Waals surface area contributed by atoms with Crippen LogP contribution in [0.4, 0.5) is 11.6 Å². The number of hydrogen-bond acceptors (Lipinski definition) is 5. The third-order valence-corrected chi connectivity index (χ3v) is 5.02. The predicted octanol–water partition coefficient (Wildman–Crippen LogP) is 2.31. The number of carbonyl (C=O) groups is 1. The number of aromatic nitrogens is 2. The summed E-state index contributed by atoms with van der Waals surface area (Å²) in [6.07, 6.45) is 6.56. The van der Waals surface area contributed by atoms with Gasteiger partial charge in [-0.2, -0.15) is 0 Å². The van der Waals surface area contributed by atoms with Crippen LogP contribution in [0.3, 0.4) is 0 Å². The Kier molecular flexibility index (Phi) is 5.88. The summed E-state index contributed by atoms with van der Waals surface area (Å²) < 4.78 is 0. The van der Waals surface area contributed by atoms with E-state index in [1.54, 1.807) is 0 Å². The number of carbonyl (C=O) groups excluding carboxylic acids is 1. The van der Waals surface area contributed by atoms with Crippen molar-refractivity contribution in [1.29, 1.82) is 0 Å². The third-order valence-electron chi connectivity index (χ3n) is 5.02. The highest BCUT2D eigenvalue weighted by Gasteiger charge is 2.22. The second-order valence-electron chi connectivity index (χ2n) is 6.77. The number of unbranched alkanes of at least 4 members (excludes halogenated alkanes) is 1. The van der Waals surface area contributed by atoms with Crippen molar-refractivity contribution in [3.8, 4) is 0 Å². The molecular weight excluding hydrogens is 302 g/mol. The van der Waals surface area contributed by atoms with Crippen molar-refractivity contribution >= 4 is 17.5 Å². The molecule has 6 heteroatoms. The van der Waals surface area contributed by atoms with E-state index in [0.717, 1.165) is 63.7 Å². The molecule has 0 bridgehead atoms. The molecule has 0 N–H and O–H groups in total. The summed E-state index contributed by atoms with van der Waals surface area (Å²) in [5.74, 6) is 2.21. The van der Waals surface area contributed by atoms with E-state index in [1.165, 1.54) is 19.3 Å². The molecule has 0 spiro atoms. The standard InChI is InChI=1S/C18H29N5O/c1-2-3-7-18(24)23-14-12-22(13-15-23)17-9-8-16(19-20-17)21-10-5-4-6-11-21/h8-9H,2-7,10-15H2,1H3. The number of rotatable bonds is 5. The molecule has 0 aliphatic carbocycles. The number of piperazine rings is 1. The lowest BCUT2D eigenvalue weighted by molar-refractivity contribution is -0.131. The first-order valence-corrected chi connectivity index (χ1v) is 9.39. The molecule has 0 aromatic carbocycles. The third kappa shape index (κ3) is 4.16. The molecule has 24 heavy (non-hydrogen) atoms. The van der Waals surface area contributed by atoms with Crippen LogP contribution in [-0.4, -0.2) is 60.3 Å². The van der Waals surface area contributed by atoms with E-state index >= 15 is 0 Å². The van der Waals surface area contributed by atoms with Gasteiger partial charge in [0.15, 0.2) is 11.6 Å². The van der Waals surface area contributed by atoms with Crippen LogP contribution >= 0.6 is 0 Å². The molecule has 0 radical (unpaired) electrons. The van der Waals surface area contributed by atoms with Gasteiger partial charge in [0.25, 0.3) is 0 Å². The zero-order valence-electron chi connectivity index (χ0n) is 14.8. The zero-order chi connectivity index (χ0) is 16.8. The largest absolute Gasteiger partial charge is 0.355 e. The number of piperidine rings is 1. The van der Waals surface area contributed by atoms with Gasteiger partial charge in [0, 0.05) is 45.7 Å². The van der Waals surface area contributed by atoms with Crippen molar-refractivity contribution in [2.24, 2.45) is 0 Å². The summed E-state index contributed by atoms with van der Waals surface area (Å²) in [5, 5.41) is 8.85. The fraction of sp³-hybridized carbons (Fsp3) is 0.722. The lowest BCUT2D eigenvalue weighted by Gasteiger charge is -2.35. The maximum Gasteiger partial charge on any atom is 0.222 e. The molecule has 6 nitrogen and oxygen atoms in total. The normalized spacial score (nSPS) is 18.8. The second kappa shape index (κ2) is 8.31. The maximum absolute atomic E-state index is 12.1. The number of amides is 1. The van der Waals surface area contributed by atoms with Crippen LogP contribution in [0.5, 0.6) is 0 Å². The minimum Gasteiger partial charge on any atom is -0.355 e. The van der Waals surface area contributed by atoms with Gasteiger partial charge in [0.2, 0.25) is 5.91 Å². The highest BCUT2D eigenvalue weighted by molar-refractivity contribution is 5.76. The van der Waals surface area contributed by atoms with Crippen LogP contribution < -0.4 is 9.80 Å². The number of hydrogen-bond donors (Lipinski definition) is 0. The van der Waals surface area contributed by atoms with Gasteiger partial charge < -0.3 is 14.7 Å². The summed E-state index contributed by atoms with van der Waals surface area (Å²) in [7, 11) is 0. The van der Waals surface area contributed by atoms with Crippen LogP contribution in [0.15, 0.2) is 12.1 Å². The van der Waals surface area contributed by atoms with Crippen molar-refractivity contribution in [3.63, 3.8) is 0 Å². The molecule has 3 heterocycles. The van der Waals surface area contributed by atoms with Crippen LogP contribution in [-0.2, 0) is 4.79 Å². The van der Waals surface area contributed by atoms with E-state index in [1.807, 2.05) is 4.90 Å². The van der Waals surface area contributed by atoms with Gasteiger partial charge in [-0.3, -0.25) is 4.79 Å². The number of nitrogens with zero attached hydrogens (tertiary/aromatic N) is 5. The monoisotopic (exact) mass is 331 g/mol. The zero-order valence-corrected chi connectivity index (χ0v) is 14.8. The van der Waals surface area contributed by atoms with Crippen molar-refractivity contribution in [3.05, 3.63) is 12.1 Å². The van der Waals surface area contributed by atoms with Crippen molar-refractivity contribution in [2.75, 3.05) is 49.1 Å². The fourth-order valence-electron chi connectivity index (χ4n) is 3.45. The Bertz CT molecular complexity index is 519. The lowest BCUT2D eigenvalue weighted by Crippen LogP contribution is -2.49. The highest BCUT2D eigenvalue weighted by Crippen LogP contribution is 2.20. The summed E-state index contributed by atoms with van der Waals surface area (Å²) in [4.78, 5) is 18.6. The SMILES string of the molecule is CCCCC(=O)N1CCN(c2ccc(N3CCCCC3)nn2)CC1. The topological polar surface area (TPSA) is 52.6 Å². The second-order valence-corrected chi connectivity index (χ2v) is 6.77. The molecule has 1 aromatic rings. The molecule has 3 rings (SSSR count). The molecule has 2 aliphatic heterocycles. The fourth-order valence-corrected chi connectivity index (χ4v) is 3.45. The van der Waals surface area contributed by atoms with Crippen LogP contribution in [0, 0.1) is 0 Å². The summed E-state index contributed by atoms with van der Waals surface area (Å²) in [6.45, 7) is 7.57. The van der Waals surface area contributed by atoms with Crippen molar-refractivity contribution in [2.45, 2.75) is 45.4 Å². The van der Waals surface area contributed by atoms with Gasteiger partial charge in [-0.1, -0.05) is 13.3 Å². The van der Waals surface area contributed by atoms with E-state index in [2.05, 4.69) is 39.1 Å². The van der Waals surface area contributed by atoms with E-state index in [9.17, 15) is 4.79 Å². The molecule has 1 aromatic heterocycles. The number of anilines is 2. The first-order chi connectivity index (χ1) is 11.8. The molecule has 2 saturated heterocycles. The first kappa shape index (κ1) is 17.0. The van der Waals surface area contributed by atoms with Gasteiger partial charge in [0.05, 0.1) is 0 Å². The Morgan fingerprint density at radius 2 is 1.50 bits per heavy atom. The van der Waals surface area contributed by atoms with E-state index in [-0.39, 0.29) is 0 Å². The highest BCUT2D eigenvalue weighted by atomic mass is 16.2. The lowest BCUT2D eigenvalue weighted by atomic mass is 10.1. The quantitative estimate of drug-likeness (QED) is 0.829. The minimum absolute atomic E-state index is 0.294. The van der Waals surface area contributed by atoms with Gasteiger partial charge in [-0.05, 0) is 37.8 Å².